The molecule has 0 saturated carbocycles. The fraction of sp³-hybridized carbons (Fsp3) is 0.261. The van der Waals surface area contributed by atoms with Crippen LogP contribution in [-0.2, 0) is 0 Å². The smallest absolute Gasteiger partial charge is 0.406 e. The first kappa shape index (κ1) is 22.5. The third kappa shape index (κ3) is 5.58. The van der Waals surface area contributed by atoms with E-state index in [1.54, 1.807) is 29.2 Å². The fourth-order valence-electron chi connectivity index (χ4n) is 3.74. The number of hydrogen-bond acceptors (Lipinski definition) is 6. The first-order valence-corrected chi connectivity index (χ1v) is 10.3. The molecule has 2 N–H and O–H groups in total. The Hall–Kier alpha value is -3.66. The topological polar surface area (TPSA) is 87.6 Å². The molecule has 0 bridgehead atoms. The van der Waals surface area contributed by atoms with Crippen molar-refractivity contribution in [2.24, 2.45) is 0 Å². The average Bonchev–Trinajstić information content (AvgIpc) is 3.28. The van der Waals surface area contributed by atoms with Crippen LogP contribution in [0.1, 0.15) is 23.2 Å². The number of hydrogen-bond donors (Lipinski definition) is 2. The van der Waals surface area contributed by atoms with Crippen LogP contribution in [0.15, 0.2) is 60.9 Å². The SMILES string of the molecule is O=C(c1cccc(-c2cc(Nc3ccc(OC(F)(F)F)cc3)ncn2)c1)N1CCC[C@@H]1CO. The lowest BCUT2D eigenvalue weighted by molar-refractivity contribution is -0.274. The number of anilines is 2. The molecule has 0 radical (unpaired) electrons. The molecular weight excluding hydrogens is 437 g/mol. The number of alkyl halides is 3. The van der Waals surface area contributed by atoms with Crippen LogP contribution in [0.4, 0.5) is 24.7 Å². The molecule has 1 saturated heterocycles. The van der Waals surface area contributed by atoms with Crippen molar-refractivity contribution in [3.63, 3.8) is 0 Å². The van der Waals surface area contributed by atoms with Gasteiger partial charge in [0.05, 0.1) is 18.3 Å². The number of amides is 1. The Labute approximate surface area is 187 Å². The molecule has 0 aliphatic carbocycles. The number of likely N-dealkylation sites (tertiary alicyclic amines) is 1. The minimum atomic E-state index is -4.75. The number of rotatable bonds is 6. The predicted octanol–water partition coefficient (Wildman–Crippen LogP) is 4.38. The van der Waals surface area contributed by atoms with Crippen LogP contribution < -0.4 is 10.1 Å². The number of aliphatic hydroxyl groups excluding tert-OH is 1. The average molecular weight is 458 g/mol. The van der Waals surface area contributed by atoms with E-state index in [2.05, 4.69) is 20.0 Å². The molecule has 1 atom stereocenters. The molecule has 1 aliphatic rings. The van der Waals surface area contributed by atoms with Crippen molar-refractivity contribution in [2.45, 2.75) is 25.2 Å². The normalized spacial score (nSPS) is 16.0. The van der Waals surface area contributed by atoms with E-state index in [0.29, 0.717) is 34.9 Å². The first-order valence-electron chi connectivity index (χ1n) is 10.3. The molecule has 3 aromatic rings. The Kier molecular flexibility index (Phi) is 6.45. The largest absolute Gasteiger partial charge is 0.573 e. The molecule has 1 aromatic heterocycles. The van der Waals surface area contributed by atoms with Gasteiger partial charge < -0.3 is 20.1 Å². The number of carbonyl (C=O) groups is 1. The van der Waals surface area contributed by atoms with E-state index >= 15 is 0 Å². The van der Waals surface area contributed by atoms with Gasteiger partial charge in [0.1, 0.15) is 17.9 Å². The summed E-state index contributed by atoms with van der Waals surface area (Å²) in [5, 5.41) is 12.5. The van der Waals surface area contributed by atoms with Gasteiger partial charge in [-0.25, -0.2) is 9.97 Å². The molecule has 172 valence electrons. The highest BCUT2D eigenvalue weighted by Crippen LogP contribution is 2.27. The summed E-state index contributed by atoms with van der Waals surface area (Å²) in [5.74, 6) is -0.0255. The monoisotopic (exact) mass is 458 g/mol. The molecule has 1 fully saturated rings. The number of carbonyl (C=O) groups excluding carboxylic acids is 1. The van der Waals surface area contributed by atoms with Crippen molar-refractivity contribution < 1.29 is 27.8 Å². The minimum absolute atomic E-state index is 0.0598. The summed E-state index contributed by atoms with van der Waals surface area (Å²) >= 11 is 0. The van der Waals surface area contributed by atoms with Crippen molar-refractivity contribution in [1.82, 2.24) is 14.9 Å². The summed E-state index contributed by atoms with van der Waals surface area (Å²) in [4.78, 5) is 23.0. The summed E-state index contributed by atoms with van der Waals surface area (Å²) in [5.41, 5.74) is 2.29. The summed E-state index contributed by atoms with van der Waals surface area (Å²) in [7, 11) is 0. The van der Waals surface area contributed by atoms with Crippen LogP contribution in [-0.4, -0.2) is 51.4 Å². The van der Waals surface area contributed by atoms with Gasteiger partial charge in [-0.1, -0.05) is 12.1 Å². The number of nitrogens with one attached hydrogen (secondary N) is 1. The van der Waals surface area contributed by atoms with Crippen molar-refractivity contribution in [1.29, 1.82) is 0 Å². The van der Waals surface area contributed by atoms with Crippen LogP contribution in [0.5, 0.6) is 5.75 Å². The number of nitrogens with zero attached hydrogens (tertiary/aromatic N) is 3. The first-order chi connectivity index (χ1) is 15.8. The molecule has 7 nitrogen and oxygen atoms in total. The van der Waals surface area contributed by atoms with Gasteiger partial charge >= 0.3 is 6.36 Å². The summed E-state index contributed by atoms with van der Waals surface area (Å²) in [6.45, 7) is 0.554. The summed E-state index contributed by atoms with van der Waals surface area (Å²) in [6.07, 6.45) is -1.75. The maximum atomic E-state index is 12.9. The Morgan fingerprint density at radius 3 is 2.67 bits per heavy atom. The summed E-state index contributed by atoms with van der Waals surface area (Å²) in [6, 6.07) is 13.8. The summed E-state index contributed by atoms with van der Waals surface area (Å²) < 4.78 is 40.8. The molecule has 33 heavy (non-hydrogen) atoms. The molecule has 0 unspecified atom stereocenters. The Morgan fingerprint density at radius 2 is 1.94 bits per heavy atom. The van der Waals surface area contributed by atoms with Crippen molar-refractivity contribution in [3.05, 3.63) is 66.5 Å². The van der Waals surface area contributed by atoms with Gasteiger partial charge in [-0.15, -0.1) is 13.2 Å². The van der Waals surface area contributed by atoms with Gasteiger partial charge in [0.2, 0.25) is 0 Å². The standard InChI is InChI=1S/C23H21F3N4O3/c24-23(25,26)33-19-8-6-17(7-9-19)29-21-12-20(27-14-28-21)15-3-1-4-16(11-15)22(32)30-10-2-5-18(30)13-31/h1,3-4,6-9,11-12,14,18,31H,2,5,10,13H2,(H,27,28,29)/t18-/m1/s1. The van der Waals surface area contributed by atoms with E-state index in [9.17, 15) is 23.1 Å². The number of halogens is 3. The highest BCUT2D eigenvalue weighted by Gasteiger charge is 2.31. The van der Waals surface area contributed by atoms with E-state index in [0.717, 1.165) is 12.8 Å². The number of aliphatic hydroxyl groups is 1. The zero-order valence-corrected chi connectivity index (χ0v) is 17.4. The second-order valence-corrected chi connectivity index (χ2v) is 7.54. The molecule has 4 rings (SSSR count). The third-order valence-corrected chi connectivity index (χ3v) is 5.28. The van der Waals surface area contributed by atoms with Crippen LogP contribution in [0.25, 0.3) is 11.3 Å². The van der Waals surface area contributed by atoms with Gasteiger partial charge in [-0.2, -0.15) is 0 Å². The van der Waals surface area contributed by atoms with Crippen LogP contribution >= 0.6 is 0 Å². The van der Waals surface area contributed by atoms with Gasteiger partial charge in [0.25, 0.3) is 5.91 Å². The van der Waals surface area contributed by atoms with Gasteiger partial charge in [-0.05, 0) is 49.2 Å². The Bertz CT molecular complexity index is 1120. The van der Waals surface area contributed by atoms with Crippen molar-refractivity contribution in [2.75, 3.05) is 18.5 Å². The van der Waals surface area contributed by atoms with Crippen LogP contribution in [0.2, 0.25) is 0 Å². The lowest BCUT2D eigenvalue weighted by Gasteiger charge is -2.23. The zero-order valence-electron chi connectivity index (χ0n) is 17.4. The second-order valence-electron chi connectivity index (χ2n) is 7.54. The molecule has 0 spiro atoms. The van der Waals surface area contributed by atoms with E-state index in [4.69, 9.17) is 0 Å². The Morgan fingerprint density at radius 1 is 1.15 bits per heavy atom. The lowest BCUT2D eigenvalue weighted by atomic mass is 10.1. The second kappa shape index (κ2) is 9.45. The molecule has 1 amide bonds. The van der Waals surface area contributed by atoms with Gasteiger partial charge in [-0.3, -0.25) is 4.79 Å². The van der Waals surface area contributed by atoms with Crippen LogP contribution in [0.3, 0.4) is 0 Å². The maximum absolute atomic E-state index is 12.9. The van der Waals surface area contributed by atoms with E-state index in [1.165, 1.54) is 30.6 Å². The highest BCUT2D eigenvalue weighted by molar-refractivity contribution is 5.95. The van der Waals surface area contributed by atoms with Crippen molar-refractivity contribution >= 4 is 17.4 Å². The quantitative estimate of drug-likeness (QED) is 0.570. The highest BCUT2D eigenvalue weighted by atomic mass is 19.4. The van der Waals surface area contributed by atoms with E-state index in [1.807, 2.05) is 6.07 Å². The van der Waals surface area contributed by atoms with E-state index < -0.39 is 6.36 Å². The molecule has 2 heterocycles. The predicted molar refractivity (Wildman–Crippen MR) is 115 cm³/mol. The number of benzene rings is 2. The zero-order chi connectivity index (χ0) is 23.4. The Balaban J connectivity index is 1.50. The third-order valence-electron chi connectivity index (χ3n) is 5.28. The van der Waals surface area contributed by atoms with Gasteiger partial charge in [0.15, 0.2) is 0 Å². The number of ether oxygens (including phenoxy) is 1. The minimum Gasteiger partial charge on any atom is -0.406 e. The fourth-order valence-corrected chi connectivity index (χ4v) is 3.74. The molecule has 2 aromatic carbocycles. The van der Waals surface area contributed by atoms with Gasteiger partial charge in [0, 0.05) is 29.4 Å². The van der Waals surface area contributed by atoms with Crippen LogP contribution in [0, 0.1) is 0 Å². The van der Waals surface area contributed by atoms with E-state index in [-0.39, 0.29) is 24.3 Å². The van der Waals surface area contributed by atoms with Crippen molar-refractivity contribution in [3.8, 4) is 17.0 Å². The molecule has 1 aliphatic heterocycles. The maximum Gasteiger partial charge on any atom is 0.573 e. The molecule has 10 heteroatoms. The lowest BCUT2D eigenvalue weighted by Crippen LogP contribution is -2.37. The molecular formula is C23H21F3N4O3. The number of aromatic nitrogens is 2.